The van der Waals surface area contributed by atoms with Crippen molar-refractivity contribution in [2.45, 2.75) is 39.5 Å². The van der Waals surface area contributed by atoms with Crippen LogP contribution in [0.3, 0.4) is 0 Å². The quantitative estimate of drug-likeness (QED) is 0.824. The molecule has 1 amide bonds. The molecule has 1 heterocycles. The van der Waals surface area contributed by atoms with Crippen molar-refractivity contribution in [1.82, 2.24) is 10.3 Å². The van der Waals surface area contributed by atoms with Gasteiger partial charge in [0.1, 0.15) is 12.4 Å². The Bertz CT molecular complexity index is 642. The van der Waals surface area contributed by atoms with E-state index < -0.39 is 0 Å². The van der Waals surface area contributed by atoms with Crippen LogP contribution in [0.2, 0.25) is 0 Å². The molecule has 0 bridgehead atoms. The minimum Gasteiger partial charge on any atom is -0.492 e. The number of ether oxygens (including phenoxy) is 1. The van der Waals surface area contributed by atoms with Gasteiger partial charge in [0.15, 0.2) is 0 Å². The van der Waals surface area contributed by atoms with Crippen LogP contribution in [0.5, 0.6) is 5.75 Å². The molecule has 4 nitrogen and oxygen atoms in total. The lowest BCUT2D eigenvalue weighted by Gasteiger charge is -2.19. The van der Waals surface area contributed by atoms with Crippen LogP contribution in [0.1, 0.15) is 37.0 Å². The van der Waals surface area contributed by atoms with Gasteiger partial charge in [0.25, 0.3) is 0 Å². The molecule has 0 fully saturated rings. The third-order valence-corrected chi connectivity index (χ3v) is 4.24. The van der Waals surface area contributed by atoms with Crippen LogP contribution in [0.25, 0.3) is 0 Å². The van der Waals surface area contributed by atoms with Gasteiger partial charge < -0.3 is 10.1 Å². The monoisotopic (exact) mass is 332 g/mol. The van der Waals surface area contributed by atoms with Gasteiger partial charge in [0.05, 0.1) is 23.7 Å². The molecule has 0 aliphatic rings. The van der Waals surface area contributed by atoms with Gasteiger partial charge in [-0.2, -0.15) is 0 Å². The van der Waals surface area contributed by atoms with Gasteiger partial charge >= 0.3 is 0 Å². The Balaban J connectivity index is 1.70. The number of thiazole rings is 1. The number of rotatable bonds is 6. The van der Waals surface area contributed by atoms with Crippen molar-refractivity contribution >= 4 is 17.2 Å². The molecule has 0 atom stereocenters. The molecule has 0 saturated heterocycles. The summed E-state index contributed by atoms with van der Waals surface area (Å²) in [5.74, 6) is 0.796. The number of carbonyl (C=O) groups excluding carboxylic acids is 1. The van der Waals surface area contributed by atoms with Crippen molar-refractivity contribution in [3.8, 4) is 5.75 Å². The minimum absolute atomic E-state index is 0.0259. The molecule has 0 aliphatic heterocycles. The fraction of sp³-hybridized carbons (Fsp3) is 0.444. The number of carbonyl (C=O) groups is 1. The number of amides is 1. The van der Waals surface area contributed by atoms with E-state index >= 15 is 0 Å². The zero-order valence-electron chi connectivity index (χ0n) is 14.2. The molecular formula is C18H24N2O2S. The maximum Gasteiger partial charge on any atom is 0.226 e. The molecule has 124 valence electrons. The van der Waals surface area contributed by atoms with E-state index in [-0.39, 0.29) is 11.3 Å². The summed E-state index contributed by atoms with van der Waals surface area (Å²) in [6.45, 7) is 9.43. The minimum atomic E-state index is -0.0259. The van der Waals surface area contributed by atoms with Crippen LogP contribution in [-0.4, -0.2) is 24.0 Å². The number of aryl methyl sites for hydroxylation is 1. The van der Waals surface area contributed by atoms with Gasteiger partial charge in [-0.25, -0.2) is 4.98 Å². The molecule has 1 aromatic heterocycles. The highest BCUT2D eigenvalue weighted by Gasteiger charge is 2.13. The predicted molar refractivity (Wildman–Crippen MR) is 94.2 cm³/mol. The number of nitrogens with one attached hydrogen (secondary N) is 1. The topological polar surface area (TPSA) is 51.2 Å². The standard InChI is InChI=1S/C18H24N2O2S/c1-13-20-15(12-23-13)11-17(21)19-9-10-22-16-7-5-14(6-8-16)18(2,3)4/h5-8,12H,9-11H2,1-4H3,(H,19,21). The summed E-state index contributed by atoms with van der Waals surface area (Å²) in [5, 5.41) is 5.75. The van der Waals surface area contributed by atoms with E-state index in [1.807, 2.05) is 24.4 Å². The summed E-state index contributed by atoms with van der Waals surface area (Å²) in [4.78, 5) is 16.1. The summed E-state index contributed by atoms with van der Waals surface area (Å²) in [6.07, 6.45) is 0.324. The maximum atomic E-state index is 11.8. The van der Waals surface area contributed by atoms with Crippen LogP contribution in [0.4, 0.5) is 0 Å². The molecule has 1 aromatic carbocycles. The van der Waals surface area contributed by atoms with E-state index in [1.165, 1.54) is 5.56 Å². The molecule has 0 radical (unpaired) electrons. The predicted octanol–water partition coefficient (Wildman–Crippen LogP) is 3.49. The number of hydrogen-bond donors (Lipinski definition) is 1. The van der Waals surface area contributed by atoms with E-state index in [0.717, 1.165) is 16.5 Å². The van der Waals surface area contributed by atoms with Gasteiger partial charge in [0, 0.05) is 5.38 Å². The van der Waals surface area contributed by atoms with E-state index in [1.54, 1.807) is 11.3 Å². The van der Waals surface area contributed by atoms with Crippen LogP contribution in [0.15, 0.2) is 29.6 Å². The van der Waals surface area contributed by atoms with Crippen molar-refractivity contribution in [3.63, 3.8) is 0 Å². The molecule has 1 N–H and O–H groups in total. The van der Waals surface area contributed by atoms with Gasteiger partial charge in [0.2, 0.25) is 5.91 Å². The summed E-state index contributed by atoms with van der Waals surface area (Å²) >= 11 is 1.56. The van der Waals surface area contributed by atoms with Crippen LogP contribution < -0.4 is 10.1 Å². The van der Waals surface area contributed by atoms with Crippen LogP contribution in [0, 0.1) is 6.92 Å². The molecule has 2 rings (SSSR count). The summed E-state index contributed by atoms with van der Waals surface area (Å²) in [6, 6.07) is 8.11. The number of aromatic nitrogens is 1. The molecule has 2 aromatic rings. The third-order valence-electron chi connectivity index (χ3n) is 3.42. The Hall–Kier alpha value is -1.88. The lowest BCUT2D eigenvalue weighted by molar-refractivity contribution is -0.120. The van der Waals surface area contributed by atoms with Gasteiger partial charge in [-0.3, -0.25) is 4.79 Å². The molecule has 23 heavy (non-hydrogen) atoms. The van der Waals surface area contributed by atoms with Crippen molar-refractivity contribution in [1.29, 1.82) is 0 Å². The Morgan fingerprint density at radius 2 is 1.96 bits per heavy atom. The van der Waals surface area contributed by atoms with E-state index in [4.69, 9.17) is 4.74 Å². The fourth-order valence-electron chi connectivity index (χ4n) is 2.13. The van der Waals surface area contributed by atoms with Crippen molar-refractivity contribution < 1.29 is 9.53 Å². The molecule has 0 spiro atoms. The first-order valence-corrected chi connectivity index (χ1v) is 8.63. The first-order chi connectivity index (χ1) is 10.8. The summed E-state index contributed by atoms with van der Waals surface area (Å²) in [5.41, 5.74) is 2.24. The Kier molecular flexibility index (Phi) is 5.77. The van der Waals surface area contributed by atoms with E-state index in [2.05, 4.69) is 43.2 Å². The Morgan fingerprint density at radius 3 is 2.52 bits per heavy atom. The zero-order chi connectivity index (χ0) is 16.9. The largest absolute Gasteiger partial charge is 0.492 e. The Morgan fingerprint density at radius 1 is 1.26 bits per heavy atom. The SMILES string of the molecule is Cc1nc(CC(=O)NCCOc2ccc(C(C)(C)C)cc2)cs1. The molecule has 0 unspecified atom stereocenters. The van der Waals surface area contributed by atoms with Crippen molar-refractivity contribution in [2.24, 2.45) is 0 Å². The molecular weight excluding hydrogens is 308 g/mol. The zero-order valence-corrected chi connectivity index (χ0v) is 15.0. The lowest BCUT2D eigenvalue weighted by Crippen LogP contribution is -2.29. The van der Waals surface area contributed by atoms with Crippen LogP contribution in [-0.2, 0) is 16.6 Å². The average molecular weight is 332 g/mol. The van der Waals surface area contributed by atoms with Gasteiger partial charge in [-0.1, -0.05) is 32.9 Å². The number of hydrogen-bond acceptors (Lipinski definition) is 4. The van der Waals surface area contributed by atoms with Crippen LogP contribution >= 0.6 is 11.3 Å². The lowest BCUT2D eigenvalue weighted by atomic mass is 9.87. The van der Waals surface area contributed by atoms with Crippen molar-refractivity contribution in [2.75, 3.05) is 13.2 Å². The number of benzene rings is 1. The highest BCUT2D eigenvalue weighted by atomic mass is 32.1. The molecule has 0 aliphatic carbocycles. The highest BCUT2D eigenvalue weighted by Crippen LogP contribution is 2.24. The number of nitrogens with zero attached hydrogens (tertiary/aromatic N) is 1. The Labute approximate surface area is 141 Å². The second-order valence-electron chi connectivity index (χ2n) is 6.51. The molecule has 0 saturated carbocycles. The summed E-state index contributed by atoms with van der Waals surface area (Å²) in [7, 11) is 0. The maximum absolute atomic E-state index is 11.8. The first kappa shape index (κ1) is 17.5. The molecule has 5 heteroatoms. The summed E-state index contributed by atoms with van der Waals surface area (Å²) < 4.78 is 5.65. The smallest absolute Gasteiger partial charge is 0.226 e. The van der Waals surface area contributed by atoms with Gasteiger partial charge in [-0.05, 0) is 30.0 Å². The highest BCUT2D eigenvalue weighted by molar-refractivity contribution is 7.09. The van der Waals surface area contributed by atoms with Crippen molar-refractivity contribution in [3.05, 3.63) is 45.9 Å². The second kappa shape index (κ2) is 7.59. The average Bonchev–Trinajstić information content (AvgIpc) is 2.88. The second-order valence-corrected chi connectivity index (χ2v) is 7.57. The fourth-order valence-corrected chi connectivity index (χ4v) is 2.74. The van der Waals surface area contributed by atoms with Gasteiger partial charge in [-0.15, -0.1) is 11.3 Å². The van der Waals surface area contributed by atoms with E-state index in [0.29, 0.717) is 19.6 Å². The third kappa shape index (κ3) is 5.67. The normalized spacial score (nSPS) is 11.3. The first-order valence-electron chi connectivity index (χ1n) is 7.75. The van der Waals surface area contributed by atoms with E-state index in [9.17, 15) is 4.79 Å².